The minimum absolute atomic E-state index is 0.0775. The summed E-state index contributed by atoms with van der Waals surface area (Å²) in [5.74, 6) is 3.69. The first-order chi connectivity index (χ1) is 9.32. The van der Waals surface area contributed by atoms with Gasteiger partial charge < -0.3 is 9.47 Å². The quantitative estimate of drug-likeness (QED) is 0.673. The highest BCUT2D eigenvalue weighted by molar-refractivity contribution is 5.16. The van der Waals surface area contributed by atoms with Gasteiger partial charge in [0.05, 0.1) is 13.2 Å². The topological polar surface area (TPSA) is 18.5 Å². The zero-order valence-corrected chi connectivity index (χ0v) is 11.3. The summed E-state index contributed by atoms with van der Waals surface area (Å²) in [5, 5.41) is 0. The van der Waals surface area contributed by atoms with E-state index in [4.69, 9.17) is 9.47 Å². The smallest absolute Gasteiger partial charge is 0.160 e. The molecule has 1 spiro atoms. The lowest BCUT2D eigenvalue weighted by molar-refractivity contribution is -0.257. The van der Waals surface area contributed by atoms with Crippen LogP contribution < -0.4 is 0 Å². The van der Waals surface area contributed by atoms with Crippen LogP contribution in [-0.2, 0) is 9.47 Å². The van der Waals surface area contributed by atoms with Crippen molar-refractivity contribution in [1.82, 2.24) is 0 Å². The molecule has 3 fully saturated rings. The molecule has 1 aliphatic heterocycles. The van der Waals surface area contributed by atoms with Gasteiger partial charge in [0, 0.05) is 11.3 Å². The van der Waals surface area contributed by atoms with Gasteiger partial charge in [-0.3, -0.25) is 0 Å². The maximum absolute atomic E-state index is 6.21. The molecular weight excluding hydrogens is 236 g/mol. The Hall–Kier alpha value is -0.600. The Morgan fingerprint density at radius 1 is 0.842 bits per heavy atom. The summed E-state index contributed by atoms with van der Waals surface area (Å²) in [6.07, 6.45) is 14.9. The molecule has 0 aromatic heterocycles. The molecule has 2 saturated carbocycles. The third-order valence-corrected chi connectivity index (χ3v) is 6.38. The van der Waals surface area contributed by atoms with Crippen molar-refractivity contribution in [3.05, 3.63) is 24.3 Å². The van der Waals surface area contributed by atoms with Gasteiger partial charge in [-0.25, -0.2) is 0 Å². The van der Waals surface area contributed by atoms with E-state index in [1.165, 1.54) is 25.7 Å². The molecule has 2 nitrogen and oxygen atoms in total. The maximum atomic E-state index is 6.21. The SMILES string of the molecule is C1=CC2CC1CC2C1OCC2(CO1)CC1C=CC2C1. The predicted molar refractivity (Wildman–Crippen MR) is 72.3 cm³/mol. The van der Waals surface area contributed by atoms with E-state index in [1.807, 2.05) is 0 Å². The van der Waals surface area contributed by atoms with E-state index in [0.29, 0.717) is 11.3 Å². The summed E-state index contributed by atoms with van der Waals surface area (Å²) in [5.41, 5.74) is 0.323. The molecule has 102 valence electrons. The van der Waals surface area contributed by atoms with E-state index in [9.17, 15) is 0 Å². The molecule has 0 radical (unpaired) electrons. The van der Waals surface area contributed by atoms with Crippen molar-refractivity contribution in [1.29, 1.82) is 0 Å². The second kappa shape index (κ2) is 3.73. The Morgan fingerprint density at radius 3 is 2.26 bits per heavy atom. The number of allylic oxidation sites excluding steroid dienone is 4. The van der Waals surface area contributed by atoms with Gasteiger partial charge in [0.25, 0.3) is 0 Å². The van der Waals surface area contributed by atoms with Gasteiger partial charge in [-0.15, -0.1) is 0 Å². The van der Waals surface area contributed by atoms with Crippen LogP contribution in [0.4, 0.5) is 0 Å². The molecule has 5 atom stereocenters. The van der Waals surface area contributed by atoms with Crippen LogP contribution >= 0.6 is 0 Å². The molecule has 1 saturated heterocycles. The van der Waals surface area contributed by atoms with Crippen LogP contribution in [0.5, 0.6) is 0 Å². The Balaban J connectivity index is 1.29. The normalized spacial score (nSPS) is 57.7. The number of rotatable bonds is 1. The van der Waals surface area contributed by atoms with Crippen molar-refractivity contribution < 1.29 is 9.47 Å². The van der Waals surface area contributed by atoms with Crippen molar-refractivity contribution >= 4 is 0 Å². The molecule has 2 heteroatoms. The summed E-state index contributed by atoms with van der Waals surface area (Å²) in [7, 11) is 0. The van der Waals surface area contributed by atoms with E-state index >= 15 is 0 Å². The molecule has 1 heterocycles. The van der Waals surface area contributed by atoms with Gasteiger partial charge in [-0.1, -0.05) is 24.3 Å². The Labute approximate surface area is 114 Å². The molecule has 19 heavy (non-hydrogen) atoms. The number of hydrogen-bond acceptors (Lipinski definition) is 2. The lowest BCUT2D eigenvalue weighted by atomic mass is 9.76. The van der Waals surface area contributed by atoms with Gasteiger partial charge in [-0.2, -0.15) is 0 Å². The summed E-state index contributed by atoms with van der Waals surface area (Å²) >= 11 is 0. The molecule has 0 amide bonds. The van der Waals surface area contributed by atoms with Gasteiger partial charge in [0.2, 0.25) is 0 Å². The monoisotopic (exact) mass is 258 g/mol. The first kappa shape index (κ1) is 11.1. The summed E-state index contributed by atoms with van der Waals surface area (Å²) in [6.45, 7) is 1.86. The standard InChI is InChI=1S/C17H22O2/c1-3-13-5-11(1)7-15(13)16-18-9-17(10-19-16)8-12-2-4-14(17)6-12/h1-4,11-16H,5-10H2. The number of ether oxygens (including phenoxy) is 2. The fraction of sp³-hybridized carbons (Fsp3) is 0.765. The van der Waals surface area contributed by atoms with Gasteiger partial charge in [0.15, 0.2) is 6.29 Å². The fourth-order valence-electron chi connectivity index (χ4n) is 5.35. The van der Waals surface area contributed by atoms with Crippen LogP contribution in [0.2, 0.25) is 0 Å². The molecule has 5 aliphatic rings. The van der Waals surface area contributed by atoms with E-state index in [2.05, 4.69) is 24.3 Å². The van der Waals surface area contributed by atoms with Gasteiger partial charge >= 0.3 is 0 Å². The summed E-state index contributed by atoms with van der Waals surface area (Å²) in [6, 6.07) is 0. The Kier molecular flexibility index (Phi) is 2.18. The zero-order valence-electron chi connectivity index (χ0n) is 11.3. The van der Waals surface area contributed by atoms with Crippen molar-refractivity contribution in [2.45, 2.75) is 32.0 Å². The molecule has 5 unspecified atom stereocenters. The molecule has 0 N–H and O–H groups in total. The first-order valence-corrected chi connectivity index (χ1v) is 7.92. The van der Waals surface area contributed by atoms with Crippen molar-refractivity contribution in [2.75, 3.05) is 13.2 Å². The molecule has 4 aliphatic carbocycles. The van der Waals surface area contributed by atoms with E-state index in [1.54, 1.807) is 0 Å². The summed E-state index contributed by atoms with van der Waals surface area (Å²) in [4.78, 5) is 0. The first-order valence-electron chi connectivity index (χ1n) is 7.92. The Morgan fingerprint density at radius 2 is 1.68 bits per heavy atom. The minimum atomic E-state index is 0.0775. The van der Waals surface area contributed by atoms with E-state index in [0.717, 1.165) is 36.9 Å². The average molecular weight is 258 g/mol. The molecule has 0 aromatic rings. The lowest BCUT2D eigenvalue weighted by Gasteiger charge is -2.43. The fourth-order valence-corrected chi connectivity index (χ4v) is 5.35. The molecule has 0 aromatic carbocycles. The highest BCUT2D eigenvalue weighted by Gasteiger charge is 2.53. The van der Waals surface area contributed by atoms with E-state index < -0.39 is 0 Å². The largest absolute Gasteiger partial charge is 0.352 e. The molecule has 4 bridgehead atoms. The Bertz CT molecular complexity index is 444. The predicted octanol–water partition coefficient (Wildman–Crippen LogP) is 3.15. The third kappa shape index (κ3) is 1.50. The zero-order chi connectivity index (χ0) is 12.4. The van der Waals surface area contributed by atoms with Gasteiger partial charge in [-0.05, 0) is 49.4 Å². The van der Waals surface area contributed by atoms with Gasteiger partial charge in [0.1, 0.15) is 0 Å². The highest BCUT2D eigenvalue weighted by atomic mass is 16.7. The second-order valence-corrected chi connectivity index (χ2v) is 7.49. The third-order valence-electron chi connectivity index (χ3n) is 6.38. The van der Waals surface area contributed by atoms with E-state index in [-0.39, 0.29) is 6.29 Å². The highest BCUT2D eigenvalue weighted by Crippen LogP contribution is 2.55. The summed E-state index contributed by atoms with van der Waals surface area (Å²) < 4.78 is 12.4. The van der Waals surface area contributed by atoms with Crippen molar-refractivity contribution in [3.8, 4) is 0 Å². The number of fused-ring (bicyclic) bond motifs is 5. The van der Waals surface area contributed by atoms with Crippen molar-refractivity contribution in [2.24, 2.45) is 35.0 Å². The van der Waals surface area contributed by atoms with Crippen LogP contribution in [0, 0.1) is 35.0 Å². The maximum Gasteiger partial charge on any atom is 0.160 e. The average Bonchev–Trinajstić information content (AvgIpc) is 3.19. The molecule has 5 rings (SSSR count). The van der Waals surface area contributed by atoms with Crippen molar-refractivity contribution in [3.63, 3.8) is 0 Å². The van der Waals surface area contributed by atoms with Crippen LogP contribution in [0.3, 0.4) is 0 Å². The van der Waals surface area contributed by atoms with Crippen LogP contribution in [0.15, 0.2) is 24.3 Å². The minimum Gasteiger partial charge on any atom is -0.352 e. The van der Waals surface area contributed by atoms with Crippen LogP contribution in [-0.4, -0.2) is 19.5 Å². The molecular formula is C17H22O2. The lowest BCUT2D eigenvalue weighted by Crippen LogP contribution is -2.47. The van der Waals surface area contributed by atoms with Crippen LogP contribution in [0.1, 0.15) is 25.7 Å². The number of hydrogen-bond donors (Lipinski definition) is 0. The van der Waals surface area contributed by atoms with Crippen LogP contribution in [0.25, 0.3) is 0 Å². The second-order valence-electron chi connectivity index (χ2n) is 7.49.